The van der Waals surface area contributed by atoms with Crippen LogP contribution in [0.3, 0.4) is 0 Å². The fourth-order valence-electron chi connectivity index (χ4n) is 1.99. The lowest BCUT2D eigenvalue weighted by Gasteiger charge is -2.10. The molecule has 1 N–H and O–H groups in total. The molecule has 0 aliphatic heterocycles. The van der Waals surface area contributed by atoms with Crippen LogP contribution in [0.5, 0.6) is 0 Å². The molecule has 0 fully saturated rings. The van der Waals surface area contributed by atoms with Crippen molar-refractivity contribution < 1.29 is 4.92 Å². The normalized spacial score (nSPS) is 10.8. The van der Waals surface area contributed by atoms with Crippen molar-refractivity contribution in [3.63, 3.8) is 0 Å². The third-order valence-electron chi connectivity index (χ3n) is 3.10. The molecular weight excluding hydrogens is 292 g/mol. The lowest BCUT2D eigenvalue weighted by Crippen LogP contribution is -2.18. The van der Waals surface area contributed by atoms with Crippen LogP contribution in [0, 0.1) is 10.1 Å². The zero-order valence-electron chi connectivity index (χ0n) is 11.8. The summed E-state index contributed by atoms with van der Waals surface area (Å²) in [4.78, 5) is 14.6. The fourth-order valence-corrected chi connectivity index (χ4v) is 2.22. The van der Waals surface area contributed by atoms with E-state index in [1.165, 1.54) is 12.1 Å². The van der Waals surface area contributed by atoms with Crippen molar-refractivity contribution in [2.45, 2.75) is 26.4 Å². The summed E-state index contributed by atoms with van der Waals surface area (Å²) in [5.74, 6) is 0.915. The van der Waals surface area contributed by atoms with Gasteiger partial charge in [-0.25, -0.2) is 4.98 Å². The number of non-ortho nitro benzene ring substituents is 1. The maximum absolute atomic E-state index is 10.7. The highest BCUT2D eigenvalue weighted by Crippen LogP contribution is 2.23. The van der Waals surface area contributed by atoms with Crippen LogP contribution in [0.15, 0.2) is 30.6 Å². The average Bonchev–Trinajstić information content (AvgIpc) is 2.88. The summed E-state index contributed by atoms with van der Waals surface area (Å²) in [5, 5.41) is 14.4. The molecule has 7 heteroatoms. The largest absolute Gasteiger partial charge is 0.329 e. The third-order valence-corrected chi connectivity index (χ3v) is 3.45. The molecule has 2 aromatic rings. The van der Waals surface area contributed by atoms with Gasteiger partial charge < -0.3 is 9.88 Å². The number of nitrogens with zero attached hydrogens (tertiary/aromatic N) is 3. The van der Waals surface area contributed by atoms with Crippen LogP contribution in [0.1, 0.15) is 24.7 Å². The van der Waals surface area contributed by atoms with Crippen LogP contribution < -0.4 is 5.32 Å². The Bertz CT molecular complexity index is 627. The van der Waals surface area contributed by atoms with Gasteiger partial charge in [-0.15, -0.1) is 0 Å². The Morgan fingerprint density at radius 2 is 2.29 bits per heavy atom. The van der Waals surface area contributed by atoms with E-state index in [1.807, 2.05) is 10.8 Å². The third kappa shape index (κ3) is 4.03. The molecule has 0 unspecified atom stereocenters. The molecule has 0 aliphatic rings. The summed E-state index contributed by atoms with van der Waals surface area (Å²) in [6.45, 7) is 4.27. The number of nitrogens with one attached hydrogen (secondary N) is 1. The minimum atomic E-state index is -0.451. The van der Waals surface area contributed by atoms with Gasteiger partial charge in [0.15, 0.2) is 0 Å². The Morgan fingerprint density at radius 1 is 1.48 bits per heavy atom. The number of imidazole rings is 1. The molecule has 0 bridgehead atoms. The van der Waals surface area contributed by atoms with Gasteiger partial charge in [0.2, 0.25) is 0 Å². The number of benzene rings is 1. The lowest BCUT2D eigenvalue weighted by atomic mass is 10.2. The quantitative estimate of drug-likeness (QED) is 0.485. The number of aromatic nitrogens is 2. The molecule has 0 saturated heterocycles. The predicted molar refractivity (Wildman–Crippen MR) is 81.4 cm³/mol. The van der Waals surface area contributed by atoms with E-state index >= 15 is 0 Å². The maximum atomic E-state index is 10.7. The Morgan fingerprint density at radius 3 is 2.95 bits per heavy atom. The summed E-state index contributed by atoms with van der Waals surface area (Å²) < 4.78 is 1.98. The standard InChI is InChI=1S/C14H17ClN4O2/c1-2-5-16-9-14-17-6-7-18(14)10-11-3-4-12(19(20)21)8-13(11)15/h3-4,6-8,16H,2,5,9-10H2,1H3. The molecule has 0 saturated carbocycles. The highest BCUT2D eigenvalue weighted by Gasteiger charge is 2.11. The SMILES string of the molecule is CCCNCc1nccn1Cc1ccc([N+](=O)[O-])cc1Cl. The lowest BCUT2D eigenvalue weighted by molar-refractivity contribution is -0.384. The van der Waals surface area contributed by atoms with Crippen molar-refractivity contribution in [1.82, 2.24) is 14.9 Å². The molecule has 6 nitrogen and oxygen atoms in total. The van der Waals surface area contributed by atoms with E-state index in [2.05, 4.69) is 17.2 Å². The molecule has 1 heterocycles. The first-order valence-corrected chi connectivity index (χ1v) is 7.13. The fraction of sp³-hybridized carbons (Fsp3) is 0.357. The number of rotatable bonds is 7. The Balaban J connectivity index is 2.11. The van der Waals surface area contributed by atoms with E-state index in [1.54, 1.807) is 12.3 Å². The molecule has 0 atom stereocenters. The summed E-state index contributed by atoms with van der Waals surface area (Å²) in [6, 6.07) is 4.53. The summed E-state index contributed by atoms with van der Waals surface area (Å²) in [7, 11) is 0. The molecule has 0 aliphatic carbocycles. The highest BCUT2D eigenvalue weighted by atomic mass is 35.5. The molecule has 0 radical (unpaired) electrons. The number of hydrogen-bond acceptors (Lipinski definition) is 4. The Kier molecular flexibility index (Phi) is 5.30. The van der Waals surface area contributed by atoms with E-state index in [4.69, 9.17) is 11.6 Å². The van der Waals surface area contributed by atoms with Crippen molar-refractivity contribution in [2.75, 3.05) is 6.54 Å². The van der Waals surface area contributed by atoms with Gasteiger partial charge in [0.05, 0.1) is 23.0 Å². The Hall–Kier alpha value is -1.92. The van der Waals surface area contributed by atoms with Gasteiger partial charge in [-0.05, 0) is 24.6 Å². The minimum absolute atomic E-state index is 0.000725. The van der Waals surface area contributed by atoms with Crippen LogP contribution >= 0.6 is 11.6 Å². The van der Waals surface area contributed by atoms with E-state index < -0.39 is 4.92 Å². The molecule has 21 heavy (non-hydrogen) atoms. The zero-order chi connectivity index (χ0) is 15.2. The molecule has 0 spiro atoms. The molecule has 1 aromatic carbocycles. The van der Waals surface area contributed by atoms with Crippen LogP contribution in [0.25, 0.3) is 0 Å². The van der Waals surface area contributed by atoms with E-state index in [0.717, 1.165) is 24.4 Å². The van der Waals surface area contributed by atoms with Gasteiger partial charge in [0.25, 0.3) is 5.69 Å². The van der Waals surface area contributed by atoms with Gasteiger partial charge in [-0.1, -0.05) is 18.5 Å². The van der Waals surface area contributed by atoms with Crippen LogP contribution in [0.2, 0.25) is 5.02 Å². The first kappa shape index (κ1) is 15.5. The Labute approximate surface area is 127 Å². The average molecular weight is 309 g/mol. The van der Waals surface area contributed by atoms with Crippen molar-refractivity contribution in [2.24, 2.45) is 0 Å². The van der Waals surface area contributed by atoms with Crippen molar-refractivity contribution >= 4 is 17.3 Å². The zero-order valence-corrected chi connectivity index (χ0v) is 12.5. The topological polar surface area (TPSA) is 73.0 Å². The van der Waals surface area contributed by atoms with Gasteiger partial charge in [0.1, 0.15) is 5.82 Å². The van der Waals surface area contributed by atoms with Gasteiger partial charge in [-0.2, -0.15) is 0 Å². The first-order valence-electron chi connectivity index (χ1n) is 6.75. The molecule has 0 amide bonds. The molecule has 112 valence electrons. The molecule has 1 aromatic heterocycles. The van der Waals surface area contributed by atoms with Crippen molar-refractivity contribution in [3.05, 3.63) is 57.1 Å². The second kappa shape index (κ2) is 7.19. The first-order chi connectivity index (χ1) is 10.1. The molecular formula is C14H17ClN4O2. The number of nitro groups is 1. The number of hydrogen-bond donors (Lipinski definition) is 1. The summed E-state index contributed by atoms with van der Waals surface area (Å²) in [6.07, 6.45) is 4.68. The maximum Gasteiger partial charge on any atom is 0.270 e. The summed E-state index contributed by atoms with van der Waals surface area (Å²) in [5.41, 5.74) is 0.830. The number of nitro benzene ring substituents is 1. The van der Waals surface area contributed by atoms with E-state index in [-0.39, 0.29) is 5.69 Å². The molecule has 2 rings (SSSR count). The predicted octanol–water partition coefficient (Wildman–Crippen LogP) is 2.99. The van der Waals surface area contributed by atoms with Gasteiger partial charge in [0, 0.05) is 24.5 Å². The smallest absolute Gasteiger partial charge is 0.270 e. The van der Waals surface area contributed by atoms with E-state index in [0.29, 0.717) is 18.1 Å². The second-order valence-corrected chi connectivity index (χ2v) is 5.09. The van der Waals surface area contributed by atoms with Crippen LogP contribution in [0.4, 0.5) is 5.69 Å². The van der Waals surface area contributed by atoms with E-state index in [9.17, 15) is 10.1 Å². The van der Waals surface area contributed by atoms with Crippen LogP contribution in [-0.2, 0) is 13.1 Å². The monoisotopic (exact) mass is 308 g/mol. The summed E-state index contributed by atoms with van der Waals surface area (Å²) >= 11 is 6.12. The van der Waals surface area contributed by atoms with Crippen molar-refractivity contribution in [1.29, 1.82) is 0 Å². The van der Waals surface area contributed by atoms with Crippen LogP contribution in [-0.4, -0.2) is 21.0 Å². The van der Waals surface area contributed by atoms with Gasteiger partial charge >= 0.3 is 0 Å². The van der Waals surface area contributed by atoms with Crippen molar-refractivity contribution in [3.8, 4) is 0 Å². The second-order valence-electron chi connectivity index (χ2n) is 4.68. The minimum Gasteiger partial charge on any atom is -0.329 e. The number of halogens is 1. The van der Waals surface area contributed by atoms with Gasteiger partial charge in [-0.3, -0.25) is 10.1 Å². The highest BCUT2D eigenvalue weighted by molar-refractivity contribution is 6.31.